The number of aryl methyl sites for hydroxylation is 1. The fourth-order valence-corrected chi connectivity index (χ4v) is 2.01. The lowest BCUT2D eigenvalue weighted by molar-refractivity contribution is 0.103. The summed E-state index contributed by atoms with van der Waals surface area (Å²) < 4.78 is 0. The standard InChI is InChI=1S/C12H9Cl2NO/c1-7-9(4-5-15-7)12(16)10-3-2-8(13)6-11(10)14/h2-6,15H,1H3. The zero-order chi connectivity index (χ0) is 11.7. The summed E-state index contributed by atoms with van der Waals surface area (Å²) in [6, 6.07) is 6.60. The quantitative estimate of drug-likeness (QED) is 0.811. The zero-order valence-electron chi connectivity index (χ0n) is 8.55. The number of halogens is 2. The smallest absolute Gasteiger partial charge is 0.196 e. The van der Waals surface area contributed by atoms with E-state index in [1.807, 2.05) is 6.92 Å². The molecule has 1 aromatic heterocycles. The molecule has 0 fully saturated rings. The van der Waals surface area contributed by atoms with Crippen LogP contribution >= 0.6 is 23.2 Å². The summed E-state index contributed by atoms with van der Waals surface area (Å²) in [5.74, 6) is -0.0968. The monoisotopic (exact) mass is 253 g/mol. The molecule has 0 atom stereocenters. The lowest BCUT2D eigenvalue weighted by Crippen LogP contribution is -2.02. The predicted molar refractivity (Wildman–Crippen MR) is 65.4 cm³/mol. The molecule has 0 aliphatic rings. The van der Waals surface area contributed by atoms with Crippen molar-refractivity contribution in [2.45, 2.75) is 6.92 Å². The predicted octanol–water partition coefficient (Wildman–Crippen LogP) is 3.86. The number of aromatic amines is 1. The summed E-state index contributed by atoms with van der Waals surface area (Å²) in [6.07, 6.45) is 1.73. The number of aromatic nitrogens is 1. The maximum absolute atomic E-state index is 12.1. The molecule has 0 saturated heterocycles. The number of H-pyrrole nitrogens is 1. The highest BCUT2D eigenvalue weighted by Gasteiger charge is 2.15. The Balaban J connectivity index is 2.46. The van der Waals surface area contributed by atoms with Gasteiger partial charge in [0.05, 0.1) is 5.02 Å². The first kappa shape index (κ1) is 11.2. The first-order valence-electron chi connectivity index (χ1n) is 4.73. The minimum Gasteiger partial charge on any atom is -0.365 e. The van der Waals surface area contributed by atoms with E-state index >= 15 is 0 Å². The molecule has 0 bridgehead atoms. The molecule has 1 aromatic carbocycles. The summed E-state index contributed by atoms with van der Waals surface area (Å²) in [5.41, 5.74) is 1.93. The first-order chi connectivity index (χ1) is 7.59. The van der Waals surface area contributed by atoms with Crippen molar-refractivity contribution < 1.29 is 4.79 Å². The maximum atomic E-state index is 12.1. The fraction of sp³-hybridized carbons (Fsp3) is 0.0833. The van der Waals surface area contributed by atoms with Crippen molar-refractivity contribution in [3.05, 3.63) is 57.3 Å². The van der Waals surface area contributed by atoms with Crippen LogP contribution in [0.4, 0.5) is 0 Å². The molecule has 0 unspecified atom stereocenters. The largest absolute Gasteiger partial charge is 0.365 e. The van der Waals surface area contributed by atoms with Gasteiger partial charge in [-0.15, -0.1) is 0 Å². The van der Waals surface area contributed by atoms with Crippen molar-refractivity contribution in [3.8, 4) is 0 Å². The van der Waals surface area contributed by atoms with Crippen LogP contribution in [-0.4, -0.2) is 10.8 Å². The van der Waals surface area contributed by atoms with Gasteiger partial charge in [0, 0.05) is 28.0 Å². The van der Waals surface area contributed by atoms with Gasteiger partial charge in [0.25, 0.3) is 0 Å². The van der Waals surface area contributed by atoms with Crippen LogP contribution in [0.3, 0.4) is 0 Å². The van der Waals surface area contributed by atoms with E-state index in [-0.39, 0.29) is 5.78 Å². The number of benzene rings is 1. The molecule has 1 N–H and O–H groups in total. The van der Waals surface area contributed by atoms with E-state index in [1.165, 1.54) is 0 Å². The Hall–Kier alpha value is -1.25. The van der Waals surface area contributed by atoms with Crippen LogP contribution < -0.4 is 0 Å². The molecule has 1 heterocycles. The molecule has 82 valence electrons. The van der Waals surface area contributed by atoms with E-state index in [0.717, 1.165) is 5.69 Å². The number of carbonyl (C=O) groups excluding carboxylic acids is 1. The van der Waals surface area contributed by atoms with E-state index in [0.29, 0.717) is 21.2 Å². The Morgan fingerprint density at radius 1 is 1.19 bits per heavy atom. The second-order valence-corrected chi connectivity index (χ2v) is 4.31. The molecule has 0 saturated carbocycles. The second-order valence-electron chi connectivity index (χ2n) is 3.47. The van der Waals surface area contributed by atoms with Crippen molar-refractivity contribution in [2.75, 3.05) is 0 Å². The number of rotatable bonds is 2. The van der Waals surface area contributed by atoms with Crippen LogP contribution in [0, 0.1) is 6.92 Å². The Kier molecular flexibility index (Phi) is 3.03. The van der Waals surface area contributed by atoms with Crippen molar-refractivity contribution >= 4 is 29.0 Å². The lowest BCUT2D eigenvalue weighted by atomic mass is 10.0. The van der Waals surface area contributed by atoms with Crippen LogP contribution in [0.1, 0.15) is 21.6 Å². The molecular formula is C12H9Cl2NO. The van der Waals surface area contributed by atoms with Gasteiger partial charge in [0.15, 0.2) is 5.78 Å². The number of hydrogen-bond acceptors (Lipinski definition) is 1. The molecule has 2 aromatic rings. The van der Waals surface area contributed by atoms with Gasteiger partial charge in [0.1, 0.15) is 0 Å². The highest BCUT2D eigenvalue weighted by Crippen LogP contribution is 2.24. The van der Waals surface area contributed by atoms with Gasteiger partial charge in [-0.05, 0) is 31.2 Å². The molecular weight excluding hydrogens is 245 g/mol. The lowest BCUT2D eigenvalue weighted by Gasteiger charge is -2.03. The van der Waals surface area contributed by atoms with E-state index in [2.05, 4.69) is 4.98 Å². The number of nitrogens with one attached hydrogen (secondary N) is 1. The summed E-state index contributed by atoms with van der Waals surface area (Å²) in [4.78, 5) is 15.1. The average Bonchev–Trinajstić information content (AvgIpc) is 2.63. The van der Waals surface area contributed by atoms with E-state index in [9.17, 15) is 4.79 Å². The third kappa shape index (κ3) is 1.99. The Labute approximate surface area is 103 Å². The van der Waals surface area contributed by atoms with Gasteiger partial charge in [0.2, 0.25) is 0 Å². The molecule has 16 heavy (non-hydrogen) atoms. The fourth-order valence-electron chi connectivity index (χ4n) is 1.52. The third-order valence-electron chi connectivity index (χ3n) is 2.37. The molecule has 2 rings (SSSR count). The topological polar surface area (TPSA) is 32.9 Å². The minimum atomic E-state index is -0.0968. The van der Waals surface area contributed by atoms with E-state index in [1.54, 1.807) is 30.5 Å². The maximum Gasteiger partial charge on any atom is 0.196 e. The van der Waals surface area contributed by atoms with Crippen molar-refractivity contribution in [3.63, 3.8) is 0 Å². The minimum absolute atomic E-state index is 0.0968. The van der Waals surface area contributed by atoms with Crippen LogP contribution in [0.15, 0.2) is 30.5 Å². The Morgan fingerprint density at radius 3 is 2.50 bits per heavy atom. The Bertz CT molecular complexity index is 546. The second kappa shape index (κ2) is 4.32. The molecule has 4 heteroatoms. The van der Waals surface area contributed by atoms with Gasteiger partial charge >= 0.3 is 0 Å². The zero-order valence-corrected chi connectivity index (χ0v) is 10.1. The van der Waals surface area contributed by atoms with E-state index in [4.69, 9.17) is 23.2 Å². The number of ketones is 1. The first-order valence-corrected chi connectivity index (χ1v) is 5.49. The molecule has 0 radical (unpaired) electrons. The third-order valence-corrected chi connectivity index (χ3v) is 2.92. The van der Waals surface area contributed by atoms with Gasteiger partial charge < -0.3 is 4.98 Å². The van der Waals surface area contributed by atoms with Gasteiger partial charge in [-0.25, -0.2) is 0 Å². The molecule has 0 aliphatic carbocycles. The Morgan fingerprint density at radius 2 is 1.94 bits per heavy atom. The van der Waals surface area contributed by atoms with Crippen LogP contribution in [-0.2, 0) is 0 Å². The number of carbonyl (C=O) groups is 1. The summed E-state index contributed by atoms with van der Waals surface area (Å²) in [6.45, 7) is 1.84. The summed E-state index contributed by atoms with van der Waals surface area (Å²) in [7, 11) is 0. The molecule has 0 amide bonds. The summed E-state index contributed by atoms with van der Waals surface area (Å²) >= 11 is 11.8. The highest BCUT2D eigenvalue weighted by atomic mass is 35.5. The van der Waals surface area contributed by atoms with Crippen LogP contribution in [0.25, 0.3) is 0 Å². The SMILES string of the molecule is Cc1[nH]ccc1C(=O)c1ccc(Cl)cc1Cl. The van der Waals surface area contributed by atoms with Crippen molar-refractivity contribution in [1.82, 2.24) is 4.98 Å². The van der Waals surface area contributed by atoms with Crippen LogP contribution in [0.2, 0.25) is 10.0 Å². The molecule has 2 nitrogen and oxygen atoms in total. The van der Waals surface area contributed by atoms with E-state index < -0.39 is 0 Å². The molecule has 0 aliphatic heterocycles. The van der Waals surface area contributed by atoms with Crippen molar-refractivity contribution in [2.24, 2.45) is 0 Å². The van der Waals surface area contributed by atoms with Gasteiger partial charge in [-0.3, -0.25) is 4.79 Å². The average molecular weight is 254 g/mol. The van der Waals surface area contributed by atoms with Crippen molar-refractivity contribution in [1.29, 1.82) is 0 Å². The van der Waals surface area contributed by atoms with Gasteiger partial charge in [-0.1, -0.05) is 23.2 Å². The van der Waals surface area contributed by atoms with Gasteiger partial charge in [-0.2, -0.15) is 0 Å². The summed E-state index contributed by atoms with van der Waals surface area (Å²) in [5, 5.41) is 0.894. The highest BCUT2D eigenvalue weighted by molar-refractivity contribution is 6.37. The number of hydrogen-bond donors (Lipinski definition) is 1. The normalized spacial score (nSPS) is 10.4. The van der Waals surface area contributed by atoms with Crippen LogP contribution in [0.5, 0.6) is 0 Å². The molecule has 0 spiro atoms.